The Kier molecular flexibility index (Phi) is 5.03. The van der Waals surface area contributed by atoms with Crippen molar-refractivity contribution in [3.05, 3.63) is 41.6 Å². The standard InChI is InChI=1S/C20H28N4/c1-14(2)17-7-9-18(10-8-17)22-20-21-16(4)12-19(23-20)24-11-5-6-15(3)13-24/h7-10,12,14-15H,5-6,11,13H2,1-4H3,(H,21,22,23). The lowest BCUT2D eigenvalue weighted by Crippen LogP contribution is -2.35. The van der Waals surface area contributed by atoms with Crippen molar-refractivity contribution in [2.75, 3.05) is 23.3 Å². The van der Waals surface area contributed by atoms with Crippen LogP contribution in [0.3, 0.4) is 0 Å². The Morgan fingerprint density at radius 2 is 1.92 bits per heavy atom. The van der Waals surface area contributed by atoms with Gasteiger partial charge in [-0.2, -0.15) is 4.98 Å². The second-order valence-electron chi connectivity index (χ2n) is 7.29. The molecule has 3 rings (SSSR count). The lowest BCUT2D eigenvalue weighted by molar-refractivity contribution is 0.444. The van der Waals surface area contributed by atoms with Gasteiger partial charge in [0, 0.05) is 30.5 Å². The fraction of sp³-hybridized carbons (Fsp3) is 0.500. The van der Waals surface area contributed by atoms with Crippen molar-refractivity contribution in [1.82, 2.24) is 9.97 Å². The lowest BCUT2D eigenvalue weighted by Gasteiger charge is -2.32. The van der Waals surface area contributed by atoms with Gasteiger partial charge in [-0.25, -0.2) is 4.98 Å². The van der Waals surface area contributed by atoms with Crippen LogP contribution in [-0.4, -0.2) is 23.1 Å². The fourth-order valence-electron chi connectivity index (χ4n) is 3.25. The van der Waals surface area contributed by atoms with Gasteiger partial charge in [-0.1, -0.05) is 32.9 Å². The molecule has 1 aromatic heterocycles. The maximum Gasteiger partial charge on any atom is 0.229 e. The van der Waals surface area contributed by atoms with E-state index in [1.807, 2.05) is 6.92 Å². The van der Waals surface area contributed by atoms with Gasteiger partial charge < -0.3 is 10.2 Å². The van der Waals surface area contributed by atoms with Gasteiger partial charge in [-0.05, 0) is 49.3 Å². The first-order chi connectivity index (χ1) is 11.5. The molecule has 1 unspecified atom stereocenters. The highest BCUT2D eigenvalue weighted by molar-refractivity contribution is 5.56. The van der Waals surface area contributed by atoms with Gasteiger partial charge >= 0.3 is 0 Å². The summed E-state index contributed by atoms with van der Waals surface area (Å²) in [7, 11) is 0. The van der Waals surface area contributed by atoms with Crippen LogP contribution in [0, 0.1) is 12.8 Å². The maximum atomic E-state index is 4.75. The number of nitrogens with one attached hydrogen (secondary N) is 1. The molecule has 4 nitrogen and oxygen atoms in total. The van der Waals surface area contributed by atoms with Gasteiger partial charge in [0.1, 0.15) is 5.82 Å². The van der Waals surface area contributed by atoms with Gasteiger partial charge in [0.05, 0.1) is 0 Å². The highest BCUT2D eigenvalue weighted by Crippen LogP contribution is 2.24. The third-order valence-electron chi connectivity index (χ3n) is 4.66. The number of anilines is 3. The zero-order chi connectivity index (χ0) is 17.1. The predicted molar refractivity (Wildman–Crippen MR) is 101 cm³/mol. The number of aryl methyl sites for hydroxylation is 1. The summed E-state index contributed by atoms with van der Waals surface area (Å²) in [5.74, 6) is 2.99. The number of nitrogens with zero attached hydrogens (tertiary/aromatic N) is 3. The van der Waals surface area contributed by atoms with Crippen molar-refractivity contribution in [3.63, 3.8) is 0 Å². The molecule has 1 atom stereocenters. The molecule has 1 fully saturated rings. The maximum absolute atomic E-state index is 4.75. The Morgan fingerprint density at radius 1 is 1.17 bits per heavy atom. The van der Waals surface area contributed by atoms with E-state index in [9.17, 15) is 0 Å². The number of hydrogen-bond donors (Lipinski definition) is 1. The third kappa shape index (κ3) is 4.05. The molecule has 1 N–H and O–H groups in total. The molecule has 1 saturated heterocycles. The predicted octanol–water partition coefficient (Wildman–Crippen LogP) is 4.89. The van der Waals surface area contributed by atoms with E-state index in [2.05, 4.69) is 66.3 Å². The molecule has 0 bridgehead atoms. The van der Waals surface area contributed by atoms with Crippen LogP contribution in [0.2, 0.25) is 0 Å². The van der Waals surface area contributed by atoms with Crippen LogP contribution in [0.15, 0.2) is 30.3 Å². The molecule has 4 heteroatoms. The molecule has 2 aromatic rings. The van der Waals surface area contributed by atoms with E-state index in [4.69, 9.17) is 4.98 Å². The average molecular weight is 324 g/mol. The van der Waals surface area contributed by atoms with Crippen molar-refractivity contribution in [2.45, 2.75) is 46.5 Å². The summed E-state index contributed by atoms with van der Waals surface area (Å²) in [5, 5.41) is 3.35. The largest absolute Gasteiger partial charge is 0.356 e. The summed E-state index contributed by atoms with van der Waals surface area (Å²) in [4.78, 5) is 11.7. The Bertz CT molecular complexity index is 679. The van der Waals surface area contributed by atoms with E-state index < -0.39 is 0 Å². The topological polar surface area (TPSA) is 41.1 Å². The molecule has 0 radical (unpaired) electrons. The monoisotopic (exact) mass is 324 g/mol. The van der Waals surface area contributed by atoms with Gasteiger partial charge in [-0.15, -0.1) is 0 Å². The number of benzene rings is 1. The second-order valence-corrected chi connectivity index (χ2v) is 7.29. The first-order valence-electron chi connectivity index (χ1n) is 8.99. The lowest BCUT2D eigenvalue weighted by atomic mass is 10.0. The average Bonchev–Trinajstić information content (AvgIpc) is 2.55. The number of rotatable bonds is 4. The van der Waals surface area contributed by atoms with Gasteiger partial charge in [0.2, 0.25) is 5.95 Å². The quantitative estimate of drug-likeness (QED) is 0.869. The Balaban J connectivity index is 1.78. The normalized spacial score (nSPS) is 18.0. The molecule has 0 spiro atoms. The SMILES string of the molecule is Cc1cc(N2CCCC(C)C2)nc(Nc2ccc(C(C)C)cc2)n1. The number of hydrogen-bond acceptors (Lipinski definition) is 4. The Labute approximate surface area is 145 Å². The summed E-state index contributed by atoms with van der Waals surface area (Å²) in [6.07, 6.45) is 2.55. The van der Waals surface area contributed by atoms with Crippen LogP contribution in [0.25, 0.3) is 0 Å². The van der Waals surface area contributed by atoms with Crippen LogP contribution in [0.4, 0.5) is 17.5 Å². The first-order valence-corrected chi connectivity index (χ1v) is 8.99. The molecule has 0 saturated carbocycles. The van der Waals surface area contributed by atoms with E-state index in [1.54, 1.807) is 0 Å². The van der Waals surface area contributed by atoms with E-state index in [0.29, 0.717) is 11.9 Å². The highest BCUT2D eigenvalue weighted by atomic mass is 15.2. The molecular formula is C20H28N4. The zero-order valence-electron chi connectivity index (χ0n) is 15.2. The van der Waals surface area contributed by atoms with Crippen LogP contribution >= 0.6 is 0 Å². The molecule has 0 aliphatic carbocycles. The van der Waals surface area contributed by atoms with E-state index in [-0.39, 0.29) is 0 Å². The van der Waals surface area contributed by atoms with Crippen molar-refractivity contribution in [1.29, 1.82) is 0 Å². The molecule has 1 aliphatic rings. The van der Waals surface area contributed by atoms with E-state index in [1.165, 1.54) is 18.4 Å². The van der Waals surface area contributed by atoms with Crippen LogP contribution < -0.4 is 10.2 Å². The summed E-state index contributed by atoms with van der Waals surface area (Å²) >= 11 is 0. The molecule has 1 aliphatic heterocycles. The van der Waals surface area contributed by atoms with Gasteiger partial charge in [-0.3, -0.25) is 0 Å². The summed E-state index contributed by atoms with van der Waals surface area (Å²) < 4.78 is 0. The Hall–Kier alpha value is -2.10. The minimum atomic E-state index is 0.543. The van der Waals surface area contributed by atoms with Crippen LogP contribution in [0.5, 0.6) is 0 Å². The first kappa shape index (κ1) is 16.7. The smallest absolute Gasteiger partial charge is 0.229 e. The summed E-state index contributed by atoms with van der Waals surface area (Å²) in [6.45, 7) is 10.9. The fourth-order valence-corrected chi connectivity index (χ4v) is 3.25. The molecule has 1 aromatic carbocycles. The molecular weight excluding hydrogens is 296 g/mol. The van der Waals surface area contributed by atoms with Gasteiger partial charge in [0.25, 0.3) is 0 Å². The van der Waals surface area contributed by atoms with Crippen molar-refractivity contribution in [2.24, 2.45) is 5.92 Å². The third-order valence-corrected chi connectivity index (χ3v) is 4.66. The van der Waals surface area contributed by atoms with E-state index in [0.717, 1.165) is 36.2 Å². The Morgan fingerprint density at radius 3 is 2.58 bits per heavy atom. The minimum Gasteiger partial charge on any atom is -0.356 e. The molecule has 2 heterocycles. The van der Waals surface area contributed by atoms with Crippen molar-refractivity contribution in [3.8, 4) is 0 Å². The molecule has 128 valence electrons. The summed E-state index contributed by atoms with van der Waals surface area (Å²) in [6, 6.07) is 10.6. The highest BCUT2D eigenvalue weighted by Gasteiger charge is 2.18. The van der Waals surface area contributed by atoms with Crippen LogP contribution in [-0.2, 0) is 0 Å². The molecule has 0 amide bonds. The summed E-state index contributed by atoms with van der Waals surface area (Å²) in [5.41, 5.74) is 3.37. The minimum absolute atomic E-state index is 0.543. The number of aromatic nitrogens is 2. The van der Waals surface area contributed by atoms with Gasteiger partial charge in [0.15, 0.2) is 0 Å². The van der Waals surface area contributed by atoms with Crippen molar-refractivity contribution >= 4 is 17.5 Å². The van der Waals surface area contributed by atoms with E-state index >= 15 is 0 Å². The second kappa shape index (κ2) is 7.20. The van der Waals surface area contributed by atoms with Crippen molar-refractivity contribution < 1.29 is 0 Å². The zero-order valence-corrected chi connectivity index (χ0v) is 15.2. The number of piperidine rings is 1. The van der Waals surface area contributed by atoms with Crippen LogP contribution in [0.1, 0.15) is 50.8 Å². The molecule has 24 heavy (non-hydrogen) atoms.